The lowest BCUT2D eigenvalue weighted by atomic mass is 10.1. The quantitative estimate of drug-likeness (QED) is 0.614. The SMILES string of the molecule is Cc1cc2c(N=C3SCCC4Cc5ccccc5N34)cccc2cn1. The van der Waals surface area contributed by atoms with Crippen molar-refractivity contribution in [1.29, 1.82) is 0 Å². The Hall–Kier alpha value is -2.33. The van der Waals surface area contributed by atoms with Crippen molar-refractivity contribution in [3.63, 3.8) is 0 Å². The molecule has 0 aliphatic carbocycles. The summed E-state index contributed by atoms with van der Waals surface area (Å²) in [6.07, 6.45) is 4.29. The van der Waals surface area contributed by atoms with E-state index in [2.05, 4.69) is 58.4 Å². The molecule has 3 nitrogen and oxygen atoms in total. The number of aromatic nitrogens is 1. The number of fused-ring (bicyclic) bond motifs is 4. The van der Waals surface area contributed by atoms with Gasteiger partial charge >= 0.3 is 0 Å². The minimum atomic E-state index is 0.552. The molecule has 2 aliphatic rings. The maximum absolute atomic E-state index is 5.11. The van der Waals surface area contributed by atoms with E-state index in [-0.39, 0.29) is 0 Å². The minimum absolute atomic E-state index is 0.552. The van der Waals surface area contributed by atoms with Gasteiger partial charge in [0.05, 0.1) is 5.69 Å². The molecule has 0 spiro atoms. The lowest BCUT2D eigenvalue weighted by molar-refractivity contribution is 0.675. The molecule has 1 fully saturated rings. The van der Waals surface area contributed by atoms with Gasteiger partial charge in [-0.25, -0.2) is 4.99 Å². The number of benzene rings is 2. The van der Waals surface area contributed by atoms with Crippen LogP contribution in [0.4, 0.5) is 11.4 Å². The summed E-state index contributed by atoms with van der Waals surface area (Å²) >= 11 is 1.87. The van der Waals surface area contributed by atoms with Gasteiger partial charge in [-0.15, -0.1) is 0 Å². The van der Waals surface area contributed by atoms with E-state index < -0.39 is 0 Å². The number of rotatable bonds is 1. The number of pyridine rings is 1. The lowest BCUT2D eigenvalue weighted by Gasteiger charge is -2.32. The summed E-state index contributed by atoms with van der Waals surface area (Å²) in [5.41, 5.74) is 4.84. The molecule has 2 aromatic carbocycles. The molecule has 5 rings (SSSR count). The van der Waals surface area contributed by atoms with Crippen LogP contribution in [0.5, 0.6) is 0 Å². The van der Waals surface area contributed by atoms with E-state index in [0.717, 1.165) is 34.1 Å². The number of aryl methyl sites for hydroxylation is 1. The molecule has 0 N–H and O–H groups in total. The predicted molar refractivity (Wildman–Crippen MR) is 107 cm³/mol. The Morgan fingerprint density at radius 2 is 2.08 bits per heavy atom. The van der Waals surface area contributed by atoms with Gasteiger partial charge in [0.25, 0.3) is 0 Å². The number of anilines is 1. The Kier molecular flexibility index (Phi) is 3.52. The summed E-state index contributed by atoms with van der Waals surface area (Å²) in [6, 6.07) is 17.7. The topological polar surface area (TPSA) is 28.5 Å². The molecule has 0 bridgehead atoms. The molecule has 1 aromatic heterocycles. The molecular formula is C21H19N3S. The molecule has 0 saturated carbocycles. The summed E-state index contributed by atoms with van der Waals surface area (Å²) in [4.78, 5) is 12.0. The van der Waals surface area contributed by atoms with Gasteiger partial charge in [0.2, 0.25) is 0 Å². The fourth-order valence-corrected chi connectivity index (χ4v) is 4.97. The van der Waals surface area contributed by atoms with E-state index in [1.807, 2.05) is 24.9 Å². The van der Waals surface area contributed by atoms with Crippen LogP contribution in [0, 0.1) is 6.92 Å². The molecule has 3 aromatic rings. The smallest absolute Gasteiger partial charge is 0.169 e. The van der Waals surface area contributed by atoms with Crippen molar-refractivity contribution in [2.24, 2.45) is 4.99 Å². The number of aliphatic imine (C=N–C) groups is 1. The van der Waals surface area contributed by atoms with Crippen LogP contribution in [0.2, 0.25) is 0 Å². The monoisotopic (exact) mass is 345 g/mol. The molecule has 1 saturated heterocycles. The maximum Gasteiger partial charge on any atom is 0.169 e. The molecule has 1 unspecified atom stereocenters. The summed E-state index contributed by atoms with van der Waals surface area (Å²) in [7, 11) is 0. The summed E-state index contributed by atoms with van der Waals surface area (Å²) in [5, 5.41) is 3.45. The van der Waals surface area contributed by atoms with Crippen molar-refractivity contribution in [3.8, 4) is 0 Å². The predicted octanol–water partition coefficient (Wildman–Crippen LogP) is 5.10. The largest absolute Gasteiger partial charge is 0.317 e. The fraction of sp³-hybridized carbons (Fsp3) is 0.238. The van der Waals surface area contributed by atoms with Crippen molar-refractivity contribution in [3.05, 3.63) is 66.0 Å². The average Bonchev–Trinajstić information content (AvgIpc) is 3.02. The number of amidine groups is 1. The van der Waals surface area contributed by atoms with Gasteiger partial charge in [-0.05, 0) is 43.5 Å². The Bertz CT molecular complexity index is 995. The van der Waals surface area contributed by atoms with Gasteiger partial charge in [-0.2, -0.15) is 0 Å². The van der Waals surface area contributed by atoms with Gasteiger partial charge < -0.3 is 4.90 Å². The normalized spacial score (nSPS) is 20.8. The van der Waals surface area contributed by atoms with Crippen molar-refractivity contribution < 1.29 is 0 Å². The zero-order valence-electron chi connectivity index (χ0n) is 14.1. The molecule has 3 heterocycles. The van der Waals surface area contributed by atoms with Gasteiger partial charge in [-0.1, -0.05) is 42.1 Å². The second-order valence-electron chi connectivity index (χ2n) is 6.71. The van der Waals surface area contributed by atoms with Crippen LogP contribution in [0.1, 0.15) is 17.7 Å². The third-order valence-electron chi connectivity index (χ3n) is 5.05. The number of para-hydroxylation sites is 1. The average molecular weight is 345 g/mol. The maximum atomic E-state index is 5.11. The highest BCUT2D eigenvalue weighted by Crippen LogP contribution is 2.40. The first kappa shape index (κ1) is 15.0. The van der Waals surface area contributed by atoms with Crippen LogP contribution in [-0.2, 0) is 6.42 Å². The van der Waals surface area contributed by atoms with Crippen LogP contribution in [0.3, 0.4) is 0 Å². The van der Waals surface area contributed by atoms with Crippen molar-refractivity contribution in [2.45, 2.75) is 25.8 Å². The van der Waals surface area contributed by atoms with Gasteiger partial charge in [-0.3, -0.25) is 4.98 Å². The Balaban J connectivity index is 1.64. The first-order valence-electron chi connectivity index (χ1n) is 8.73. The first-order chi connectivity index (χ1) is 12.3. The van der Waals surface area contributed by atoms with Crippen molar-refractivity contribution >= 4 is 39.1 Å². The van der Waals surface area contributed by atoms with Crippen molar-refractivity contribution in [2.75, 3.05) is 10.7 Å². The zero-order chi connectivity index (χ0) is 16.8. The van der Waals surface area contributed by atoms with E-state index in [0.29, 0.717) is 6.04 Å². The zero-order valence-corrected chi connectivity index (χ0v) is 15.0. The molecule has 1 atom stereocenters. The van der Waals surface area contributed by atoms with Crippen LogP contribution in [0.15, 0.2) is 59.7 Å². The first-order valence-corrected chi connectivity index (χ1v) is 9.72. The molecule has 0 radical (unpaired) electrons. The Morgan fingerprint density at radius 3 is 3.04 bits per heavy atom. The minimum Gasteiger partial charge on any atom is -0.317 e. The van der Waals surface area contributed by atoms with Crippen LogP contribution < -0.4 is 4.90 Å². The second-order valence-corrected chi connectivity index (χ2v) is 7.77. The van der Waals surface area contributed by atoms with Crippen LogP contribution in [0.25, 0.3) is 10.8 Å². The van der Waals surface area contributed by atoms with Crippen LogP contribution in [-0.4, -0.2) is 21.9 Å². The highest BCUT2D eigenvalue weighted by Gasteiger charge is 2.35. The fourth-order valence-electron chi connectivity index (χ4n) is 3.85. The van der Waals surface area contributed by atoms with Crippen molar-refractivity contribution in [1.82, 2.24) is 4.98 Å². The van der Waals surface area contributed by atoms with Gasteiger partial charge in [0.1, 0.15) is 0 Å². The molecule has 2 aliphatic heterocycles. The Morgan fingerprint density at radius 1 is 1.16 bits per heavy atom. The molecular weight excluding hydrogens is 326 g/mol. The summed E-state index contributed by atoms with van der Waals surface area (Å²) < 4.78 is 0. The summed E-state index contributed by atoms with van der Waals surface area (Å²) in [5.74, 6) is 1.14. The third-order valence-corrected chi connectivity index (χ3v) is 6.04. The Labute approximate surface area is 151 Å². The lowest BCUT2D eigenvalue weighted by Crippen LogP contribution is -2.40. The van der Waals surface area contributed by atoms with E-state index >= 15 is 0 Å². The van der Waals surface area contributed by atoms with E-state index in [9.17, 15) is 0 Å². The highest BCUT2D eigenvalue weighted by molar-refractivity contribution is 8.14. The molecule has 4 heteroatoms. The third kappa shape index (κ3) is 2.52. The van der Waals surface area contributed by atoms with E-state index in [1.165, 1.54) is 23.1 Å². The number of hydrogen-bond donors (Lipinski definition) is 0. The number of hydrogen-bond acceptors (Lipinski definition) is 3. The van der Waals surface area contributed by atoms with E-state index in [1.54, 1.807) is 0 Å². The van der Waals surface area contributed by atoms with E-state index in [4.69, 9.17) is 4.99 Å². The molecule has 124 valence electrons. The van der Waals surface area contributed by atoms with Gasteiger partial charge in [0, 0.05) is 40.1 Å². The molecule has 25 heavy (non-hydrogen) atoms. The number of thioether (sulfide) groups is 1. The number of nitrogens with zero attached hydrogens (tertiary/aromatic N) is 3. The summed E-state index contributed by atoms with van der Waals surface area (Å²) in [6.45, 7) is 2.03. The standard InChI is InChI=1S/C21H19N3S/c1-14-11-18-16(13-22-14)6-4-7-19(18)23-21-24-17(9-10-25-21)12-15-5-2-3-8-20(15)24/h2-8,11,13,17H,9-10,12H2,1H3. The second kappa shape index (κ2) is 5.88. The highest BCUT2D eigenvalue weighted by atomic mass is 32.2. The van der Waals surface area contributed by atoms with Gasteiger partial charge in [0.15, 0.2) is 5.17 Å². The molecule has 0 amide bonds. The van der Waals surface area contributed by atoms with Crippen LogP contribution >= 0.6 is 11.8 Å².